The number of benzene rings is 1. The lowest BCUT2D eigenvalue weighted by Gasteiger charge is -2.31. The molecular weight excluding hydrogens is 334 g/mol. The largest absolute Gasteiger partial charge is 0.353 e. The van der Waals surface area contributed by atoms with Crippen molar-refractivity contribution in [3.05, 3.63) is 35.0 Å². The van der Waals surface area contributed by atoms with E-state index in [-0.39, 0.29) is 17.9 Å². The van der Waals surface area contributed by atoms with Crippen molar-refractivity contribution in [1.29, 1.82) is 0 Å². The van der Waals surface area contributed by atoms with Gasteiger partial charge in [0.25, 0.3) is 0 Å². The zero-order valence-corrected chi connectivity index (χ0v) is 16.1. The zero-order valence-electron chi connectivity index (χ0n) is 15.4. The molecule has 1 aromatic heterocycles. The number of nitrogens with one attached hydrogen (secondary N) is 1. The lowest BCUT2D eigenvalue weighted by molar-refractivity contribution is -0.127. The maximum Gasteiger partial charge on any atom is 0.223 e. The van der Waals surface area contributed by atoms with Crippen LogP contribution in [0.1, 0.15) is 38.7 Å². The standard InChI is InChI=1S/C20H28ClN3O/c1-4-14(2)22-20(25)15-7-9-24(10-8-15)13-16-12-23(3)19-6-5-17(21)11-18(16)19/h5-6,11-12,14-15H,4,7-10,13H2,1-3H3,(H,22,25). The van der Waals surface area contributed by atoms with Gasteiger partial charge in [0.2, 0.25) is 5.91 Å². The number of nitrogens with zero attached hydrogens (tertiary/aromatic N) is 2. The number of carbonyl (C=O) groups excluding carboxylic acids is 1. The summed E-state index contributed by atoms with van der Waals surface area (Å²) in [5.74, 6) is 0.387. The highest BCUT2D eigenvalue weighted by atomic mass is 35.5. The quantitative estimate of drug-likeness (QED) is 0.875. The van der Waals surface area contributed by atoms with Crippen LogP contribution in [0.25, 0.3) is 10.9 Å². The van der Waals surface area contributed by atoms with E-state index in [0.29, 0.717) is 0 Å². The summed E-state index contributed by atoms with van der Waals surface area (Å²) < 4.78 is 2.16. The van der Waals surface area contributed by atoms with Crippen LogP contribution in [0.2, 0.25) is 5.02 Å². The van der Waals surface area contributed by atoms with Gasteiger partial charge in [-0.1, -0.05) is 18.5 Å². The SMILES string of the molecule is CCC(C)NC(=O)C1CCN(Cc2cn(C)c3ccc(Cl)cc23)CC1. The van der Waals surface area contributed by atoms with Gasteiger partial charge >= 0.3 is 0 Å². The third-order valence-corrected chi connectivity index (χ3v) is 5.62. The van der Waals surface area contributed by atoms with Crippen LogP contribution in [0.5, 0.6) is 0 Å². The third-order valence-electron chi connectivity index (χ3n) is 5.39. The molecule has 0 spiro atoms. The first kappa shape index (κ1) is 18.3. The van der Waals surface area contributed by atoms with E-state index >= 15 is 0 Å². The van der Waals surface area contributed by atoms with Gasteiger partial charge in [0.1, 0.15) is 0 Å². The molecule has 136 valence electrons. The molecule has 1 unspecified atom stereocenters. The average Bonchev–Trinajstić information content (AvgIpc) is 2.90. The van der Waals surface area contributed by atoms with Crippen molar-refractivity contribution < 1.29 is 4.79 Å². The second-order valence-electron chi connectivity index (χ2n) is 7.30. The first-order valence-corrected chi connectivity index (χ1v) is 9.62. The summed E-state index contributed by atoms with van der Waals surface area (Å²) in [4.78, 5) is 14.7. The third kappa shape index (κ3) is 4.18. The highest BCUT2D eigenvalue weighted by molar-refractivity contribution is 6.31. The molecule has 3 rings (SSSR count). The Morgan fingerprint density at radius 2 is 2.08 bits per heavy atom. The van der Waals surface area contributed by atoms with E-state index in [9.17, 15) is 4.79 Å². The predicted molar refractivity (Wildman–Crippen MR) is 104 cm³/mol. The molecule has 2 heterocycles. The van der Waals surface area contributed by atoms with Crippen LogP contribution < -0.4 is 5.32 Å². The number of aryl methyl sites for hydroxylation is 1. The van der Waals surface area contributed by atoms with Gasteiger partial charge in [-0.05, 0) is 63.0 Å². The van der Waals surface area contributed by atoms with Crippen molar-refractivity contribution in [1.82, 2.24) is 14.8 Å². The van der Waals surface area contributed by atoms with Crippen molar-refractivity contribution in [3.63, 3.8) is 0 Å². The van der Waals surface area contributed by atoms with Crippen molar-refractivity contribution >= 4 is 28.4 Å². The summed E-state index contributed by atoms with van der Waals surface area (Å²) in [7, 11) is 2.07. The second-order valence-corrected chi connectivity index (χ2v) is 7.73. The minimum Gasteiger partial charge on any atom is -0.353 e. The van der Waals surface area contributed by atoms with Crippen molar-refractivity contribution in [3.8, 4) is 0 Å². The first-order valence-electron chi connectivity index (χ1n) is 9.24. The minimum atomic E-state index is 0.159. The molecule has 1 amide bonds. The number of likely N-dealkylation sites (tertiary alicyclic amines) is 1. The van der Waals surface area contributed by atoms with Crippen LogP contribution in [-0.4, -0.2) is 34.5 Å². The zero-order chi connectivity index (χ0) is 18.0. The van der Waals surface area contributed by atoms with Gasteiger partial charge in [-0.3, -0.25) is 9.69 Å². The number of fused-ring (bicyclic) bond motifs is 1. The summed E-state index contributed by atoms with van der Waals surface area (Å²) in [6.07, 6.45) is 5.05. The van der Waals surface area contributed by atoms with E-state index in [1.165, 1.54) is 16.5 Å². The van der Waals surface area contributed by atoms with Gasteiger partial charge in [0, 0.05) is 47.7 Å². The Morgan fingerprint density at radius 3 is 2.76 bits per heavy atom. The van der Waals surface area contributed by atoms with Crippen LogP contribution in [0.3, 0.4) is 0 Å². The topological polar surface area (TPSA) is 37.3 Å². The number of piperidine rings is 1. The smallest absolute Gasteiger partial charge is 0.223 e. The molecule has 0 aliphatic carbocycles. The lowest BCUT2D eigenvalue weighted by atomic mass is 9.95. The molecule has 1 aromatic carbocycles. The summed E-state index contributed by atoms with van der Waals surface area (Å²) in [5.41, 5.74) is 2.52. The molecule has 1 saturated heterocycles. The van der Waals surface area contributed by atoms with Gasteiger partial charge in [-0.2, -0.15) is 0 Å². The highest BCUT2D eigenvalue weighted by Crippen LogP contribution is 2.27. The molecule has 0 radical (unpaired) electrons. The highest BCUT2D eigenvalue weighted by Gasteiger charge is 2.26. The molecule has 0 saturated carbocycles. The van der Waals surface area contributed by atoms with E-state index in [1.54, 1.807) is 0 Å². The molecule has 4 nitrogen and oxygen atoms in total. The number of amides is 1. The first-order chi connectivity index (χ1) is 12.0. The van der Waals surface area contributed by atoms with Crippen LogP contribution in [0, 0.1) is 5.92 Å². The van der Waals surface area contributed by atoms with Crippen molar-refractivity contribution in [2.24, 2.45) is 13.0 Å². The Hall–Kier alpha value is -1.52. The number of carbonyl (C=O) groups is 1. The van der Waals surface area contributed by atoms with E-state index in [2.05, 4.69) is 54.0 Å². The number of aromatic nitrogens is 1. The maximum atomic E-state index is 12.3. The van der Waals surface area contributed by atoms with Gasteiger partial charge in [0.15, 0.2) is 0 Å². The monoisotopic (exact) mass is 361 g/mol. The number of rotatable bonds is 5. The Morgan fingerprint density at radius 1 is 1.36 bits per heavy atom. The summed E-state index contributed by atoms with van der Waals surface area (Å²) in [5, 5.41) is 5.13. The molecule has 1 aliphatic rings. The number of hydrogen-bond donors (Lipinski definition) is 1. The van der Waals surface area contributed by atoms with E-state index < -0.39 is 0 Å². The molecule has 2 aromatic rings. The minimum absolute atomic E-state index is 0.159. The summed E-state index contributed by atoms with van der Waals surface area (Å²) >= 11 is 6.18. The van der Waals surface area contributed by atoms with Crippen molar-refractivity contribution in [2.75, 3.05) is 13.1 Å². The molecule has 5 heteroatoms. The van der Waals surface area contributed by atoms with Crippen LogP contribution in [-0.2, 0) is 18.4 Å². The Balaban J connectivity index is 1.61. The van der Waals surface area contributed by atoms with Gasteiger partial charge < -0.3 is 9.88 Å². The van der Waals surface area contributed by atoms with Gasteiger partial charge in [-0.25, -0.2) is 0 Å². The fourth-order valence-corrected chi connectivity index (χ4v) is 3.80. The fourth-order valence-electron chi connectivity index (χ4n) is 3.63. The summed E-state index contributed by atoms with van der Waals surface area (Å²) in [6.45, 7) is 7.02. The van der Waals surface area contributed by atoms with E-state index in [1.807, 2.05) is 6.07 Å². The van der Waals surface area contributed by atoms with E-state index in [4.69, 9.17) is 11.6 Å². The second kappa shape index (κ2) is 7.79. The Bertz CT molecular complexity index is 747. The maximum absolute atomic E-state index is 12.3. The van der Waals surface area contributed by atoms with E-state index in [0.717, 1.165) is 43.9 Å². The fraction of sp³-hybridized carbons (Fsp3) is 0.550. The average molecular weight is 362 g/mol. The lowest BCUT2D eigenvalue weighted by Crippen LogP contribution is -2.42. The van der Waals surface area contributed by atoms with Crippen LogP contribution in [0.4, 0.5) is 0 Å². The van der Waals surface area contributed by atoms with Gasteiger partial charge in [-0.15, -0.1) is 0 Å². The predicted octanol–water partition coefficient (Wildman–Crippen LogP) is 3.96. The normalized spacial score (nSPS) is 17.8. The molecule has 0 bridgehead atoms. The number of halogens is 1. The molecule has 25 heavy (non-hydrogen) atoms. The number of hydrogen-bond acceptors (Lipinski definition) is 2. The Labute approximate surface area is 155 Å². The summed E-state index contributed by atoms with van der Waals surface area (Å²) in [6, 6.07) is 6.34. The molecule has 1 fully saturated rings. The molecular formula is C20H28ClN3O. The Kier molecular flexibility index (Phi) is 5.70. The molecule has 1 aliphatic heterocycles. The van der Waals surface area contributed by atoms with Crippen LogP contribution >= 0.6 is 11.6 Å². The van der Waals surface area contributed by atoms with Crippen LogP contribution in [0.15, 0.2) is 24.4 Å². The molecule has 1 atom stereocenters. The van der Waals surface area contributed by atoms with Gasteiger partial charge in [0.05, 0.1) is 0 Å². The molecule has 1 N–H and O–H groups in total. The van der Waals surface area contributed by atoms with Crippen molar-refractivity contribution in [2.45, 2.75) is 45.7 Å².